The van der Waals surface area contributed by atoms with E-state index in [-0.39, 0.29) is 0 Å². The molecule has 5 nitrogen and oxygen atoms in total. The molecule has 0 unspecified atom stereocenters. The molecule has 0 saturated heterocycles. The summed E-state index contributed by atoms with van der Waals surface area (Å²) in [5, 5.41) is 4.41. The molecule has 3 aromatic rings. The number of amidine groups is 1. The number of ether oxygens (including phenoxy) is 1. The third kappa shape index (κ3) is 4.87. The fraction of sp³-hybridized carbons (Fsp3) is 0.200. The van der Waals surface area contributed by atoms with Crippen molar-refractivity contribution in [1.82, 2.24) is 15.3 Å². The number of nitrogens with zero attached hydrogens (tertiary/aromatic N) is 2. The van der Waals surface area contributed by atoms with E-state index in [1.54, 1.807) is 20.4 Å². The van der Waals surface area contributed by atoms with Crippen molar-refractivity contribution in [1.29, 1.82) is 0 Å². The lowest BCUT2D eigenvalue weighted by molar-refractivity contribution is 0.338. The highest BCUT2D eigenvalue weighted by molar-refractivity contribution is 6.00. The molecule has 0 atom stereocenters. The van der Waals surface area contributed by atoms with E-state index in [1.165, 1.54) is 0 Å². The normalized spacial score (nSPS) is 12.9. The van der Waals surface area contributed by atoms with Crippen LogP contribution in [-0.4, -0.2) is 36.5 Å². The number of H-pyrrole nitrogens is 1. The van der Waals surface area contributed by atoms with Gasteiger partial charge in [0, 0.05) is 48.1 Å². The molecule has 2 N–H and O–H groups in total. The smallest absolute Gasteiger partial charge is 0.137 e. The van der Waals surface area contributed by atoms with Crippen molar-refractivity contribution in [2.75, 3.05) is 20.7 Å². The number of aromatic nitrogens is 2. The second-order valence-electron chi connectivity index (χ2n) is 6.80. The molecule has 0 aliphatic carbocycles. The van der Waals surface area contributed by atoms with Crippen molar-refractivity contribution in [2.24, 2.45) is 4.99 Å². The van der Waals surface area contributed by atoms with Crippen molar-refractivity contribution in [3.05, 3.63) is 84.4 Å². The van der Waals surface area contributed by atoms with Gasteiger partial charge in [-0.1, -0.05) is 36.4 Å². The zero-order chi connectivity index (χ0) is 21.3. The van der Waals surface area contributed by atoms with Crippen molar-refractivity contribution < 1.29 is 4.74 Å². The minimum absolute atomic E-state index is 0.832. The van der Waals surface area contributed by atoms with Crippen LogP contribution in [0.1, 0.15) is 25.0 Å². The molecule has 3 rings (SSSR count). The first-order valence-corrected chi connectivity index (χ1v) is 9.99. The Kier molecular flexibility index (Phi) is 7.22. The van der Waals surface area contributed by atoms with E-state index in [1.807, 2.05) is 30.6 Å². The van der Waals surface area contributed by atoms with Crippen LogP contribution in [-0.2, 0) is 4.74 Å². The van der Waals surface area contributed by atoms with Crippen LogP contribution in [0, 0.1) is 0 Å². The summed E-state index contributed by atoms with van der Waals surface area (Å²) in [6.07, 6.45) is 13.4. The third-order valence-corrected chi connectivity index (χ3v) is 4.78. The van der Waals surface area contributed by atoms with Crippen molar-refractivity contribution in [2.45, 2.75) is 13.8 Å². The molecular weight excluding hydrogens is 372 g/mol. The average Bonchev–Trinajstić information content (AvgIpc) is 3.20. The number of aliphatic imine (C=N–C) groups is 1. The van der Waals surface area contributed by atoms with Crippen LogP contribution in [0.5, 0.6) is 0 Å². The van der Waals surface area contributed by atoms with Crippen molar-refractivity contribution in [3.8, 4) is 11.1 Å². The van der Waals surface area contributed by atoms with Gasteiger partial charge in [0.15, 0.2) is 0 Å². The average molecular weight is 401 g/mol. The van der Waals surface area contributed by atoms with Crippen LogP contribution in [0.25, 0.3) is 27.7 Å². The van der Waals surface area contributed by atoms with Gasteiger partial charge in [-0.25, -0.2) is 4.98 Å². The quantitative estimate of drug-likeness (QED) is 0.244. The summed E-state index contributed by atoms with van der Waals surface area (Å²) in [7, 11) is 3.44. The summed E-state index contributed by atoms with van der Waals surface area (Å²) in [5.41, 5.74) is 6.42. The number of hydrogen-bond donors (Lipinski definition) is 2. The Labute approximate surface area is 177 Å². The highest BCUT2D eigenvalue weighted by Gasteiger charge is 2.10. The summed E-state index contributed by atoms with van der Waals surface area (Å²) in [6, 6.07) is 10.6. The van der Waals surface area contributed by atoms with Gasteiger partial charge in [-0.05, 0) is 43.2 Å². The lowest BCUT2D eigenvalue weighted by Gasteiger charge is -2.09. The SMILES string of the molecule is CCNC(=NC)c1cccc(-c2cnc3[nH]cc(/C(C)=C/C=C\C=C\OC)c3c2)c1. The lowest BCUT2D eigenvalue weighted by Crippen LogP contribution is -2.23. The molecule has 0 bridgehead atoms. The Bertz CT molecular complexity index is 1120. The van der Waals surface area contributed by atoms with Gasteiger partial charge in [0.05, 0.1) is 13.4 Å². The van der Waals surface area contributed by atoms with E-state index >= 15 is 0 Å². The molecule has 2 heterocycles. The van der Waals surface area contributed by atoms with E-state index in [0.29, 0.717) is 0 Å². The predicted molar refractivity (Wildman–Crippen MR) is 127 cm³/mol. The van der Waals surface area contributed by atoms with Crippen LogP contribution >= 0.6 is 0 Å². The molecule has 0 radical (unpaired) electrons. The monoisotopic (exact) mass is 400 g/mol. The summed E-state index contributed by atoms with van der Waals surface area (Å²) in [6.45, 7) is 5.00. The predicted octanol–water partition coefficient (Wildman–Crippen LogP) is 5.34. The van der Waals surface area contributed by atoms with Crippen LogP contribution in [0.3, 0.4) is 0 Å². The number of pyridine rings is 1. The number of hydrogen-bond acceptors (Lipinski definition) is 3. The topological polar surface area (TPSA) is 62.3 Å². The number of nitrogens with one attached hydrogen (secondary N) is 2. The van der Waals surface area contributed by atoms with Crippen molar-refractivity contribution in [3.63, 3.8) is 0 Å². The highest BCUT2D eigenvalue weighted by Crippen LogP contribution is 2.28. The maximum absolute atomic E-state index is 4.90. The van der Waals surface area contributed by atoms with Gasteiger partial charge in [0.25, 0.3) is 0 Å². The second-order valence-corrected chi connectivity index (χ2v) is 6.80. The number of allylic oxidation sites excluding steroid dienone is 5. The summed E-state index contributed by atoms with van der Waals surface area (Å²) in [4.78, 5) is 12.3. The maximum Gasteiger partial charge on any atom is 0.137 e. The van der Waals surface area contributed by atoms with E-state index in [4.69, 9.17) is 4.74 Å². The first kappa shape index (κ1) is 21.1. The van der Waals surface area contributed by atoms with E-state index < -0.39 is 0 Å². The molecular formula is C25H28N4O. The number of methoxy groups -OCH3 is 1. The van der Waals surface area contributed by atoms with Crippen LogP contribution in [0.2, 0.25) is 0 Å². The highest BCUT2D eigenvalue weighted by atomic mass is 16.5. The molecule has 154 valence electrons. The second kappa shape index (κ2) is 10.3. The molecule has 0 amide bonds. The Balaban J connectivity index is 1.96. The minimum Gasteiger partial charge on any atom is -0.504 e. The number of aromatic amines is 1. The van der Waals surface area contributed by atoms with Gasteiger partial charge in [-0.2, -0.15) is 0 Å². The van der Waals surface area contributed by atoms with Gasteiger partial charge in [0.2, 0.25) is 0 Å². The Hall–Kier alpha value is -3.60. The van der Waals surface area contributed by atoms with Gasteiger partial charge in [-0.15, -0.1) is 0 Å². The Morgan fingerprint density at radius 1 is 1.20 bits per heavy atom. The standard InChI is InChI=1S/C25H28N4O/c1-5-27-24(26-3)20-12-9-11-19(14-20)21-15-22-23(17-29-25(22)28-16-21)18(2)10-7-6-8-13-30-4/h6-17H,5H2,1-4H3,(H,26,27)(H,28,29)/b7-6-,13-8+,18-10+. The number of rotatable bonds is 7. The number of benzene rings is 1. The minimum atomic E-state index is 0.832. The first-order valence-electron chi connectivity index (χ1n) is 9.99. The molecule has 5 heteroatoms. The largest absolute Gasteiger partial charge is 0.504 e. The zero-order valence-corrected chi connectivity index (χ0v) is 17.9. The summed E-state index contributed by atoms with van der Waals surface area (Å²) < 4.78 is 4.90. The van der Waals surface area contributed by atoms with Crippen LogP contribution < -0.4 is 5.32 Å². The van der Waals surface area contributed by atoms with Crippen LogP contribution in [0.15, 0.2) is 78.3 Å². The van der Waals surface area contributed by atoms with Crippen LogP contribution in [0.4, 0.5) is 0 Å². The molecule has 0 aliphatic rings. The zero-order valence-electron chi connectivity index (χ0n) is 17.9. The molecule has 2 aromatic heterocycles. The molecule has 0 spiro atoms. The third-order valence-electron chi connectivity index (χ3n) is 4.78. The van der Waals surface area contributed by atoms with E-state index in [2.05, 4.69) is 70.5 Å². The van der Waals surface area contributed by atoms with E-state index in [9.17, 15) is 0 Å². The maximum atomic E-state index is 4.90. The summed E-state index contributed by atoms with van der Waals surface area (Å²) in [5.74, 6) is 0.892. The number of fused-ring (bicyclic) bond motifs is 1. The fourth-order valence-electron chi connectivity index (χ4n) is 3.29. The van der Waals surface area contributed by atoms with E-state index in [0.717, 1.165) is 51.2 Å². The first-order chi connectivity index (χ1) is 14.7. The Morgan fingerprint density at radius 3 is 2.83 bits per heavy atom. The molecule has 0 aliphatic heterocycles. The fourth-order valence-corrected chi connectivity index (χ4v) is 3.29. The summed E-state index contributed by atoms with van der Waals surface area (Å²) >= 11 is 0. The van der Waals surface area contributed by atoms with Gasteiger partial charge < -0.3 is 15.0 Å². The Morgan fingerprint density at radius 2 is 2.07 bits per heavy atom. The van der Waals surface area contributed by atoms with Gasteiger partial charge >= 0.3 is 0 Å². The van der Waals surface area contributed by atoms with Crippen molar-refractivity contribution >= 4 is 22.4 Å². The van der Waals surface area contributed by atoms with Gasteiger partial charge in [0.1, 0.15) is 11.5 Å². The molecule has 0 fully saturated rings. The lowest BCUT2D eigenvalue weighted by atomic mass is 10.0. The molecule has 0 saturated carbocycles. The van der Waals surface area contributed by atoms with Gasteiger partial charge in [-0.3, -0.25) is 4.99 Å². The molecule has 1 aromatic carbocycles. The molecule has 30 heavy (non-hydrogen) atoms.